The maximum Gasteiger partial charge on any atom is 0.213 e. The molecule has 0 bridgehead atoms. The van der Waals surface area contributed by atoms with Crippen LogP contribution in [0.15, 0.2) is 24.5 Å². The van der Waals surface area contributed by atoms with Crippen molar-refractivity contribution in [2.24, 2.45) is 0 Å². The molecule has 7 heteroatoms. The Hall–Kier alpha value is -1.60. The maximum absolute atomic E-state index is 11.3. The number of sulfonamides is 1. The van der Waals surface area contributed by atoms with Crippen LogP contribution < -0.4 is 10.5 Å². The molecule has 92 valence electrons. The van der Waals surface area contributed by atoms with E-state index in [1.54, 1.807) is 23.0 Å². The van der Waals surface area contributed by atoms with Crippen molar-refractivity contribution in [1.82, 2.24) is 14.3 Å². The van der Waals surface area contributed by atoms with Gasteiger partial charge in [-0.2, -0.15) is 0 Å². The highest BCUT2D eigenvalue weighted by Gasteiger charge is 2.09. The van der Waals surface area contributed by atoms with Gasteiger partial charge in [0.1, 0.15) is 0 Å². The Bertz CT molecular complexity index is 633. The van der Waals surface area contributed by atoms with E-state index < -0.39 is 10.0 Å². The monoisotopic (exact) mass is 254 g/mol. The second-order valence-corrected chi connectivity index (χ2v) is 5.76. The van der Waals surface area contributed by atoms with Gasteiger partial charge >= 0.3 is 0 Å². The first-order chi connectivity index (χ1) is 8.02. The summed E-state index contributed by atoms with van der Waals surface area (Å²) in [6.45, 7) is 0.365. The van der Waals surface area contributed by atoms with Crippen LogP contribution in [0.2, 0.25) is 0 Å². The van der Waals surface area contributed by atoms with Gasteiger partial charge in [0.2, 0.25) is 10.0 Å². The molecule has 0 aliphatic heterocycles. The molecule has 3 N–H and O–H groups in total. The number of nitrogen functional groups attached to an aromatic ring is 1. The molecule has 0 unspecified atom stereocenters. The predicted octanol–water partition coefficient (Wildman–Crippen LogP) is 0.168. The number of hydrogen-bond acceptors (Lipinski definition) is 4. The molecular weight excluding hydrogens is 240 g/mol. The minimum absolute atomic E-state index is 0.0271. The number of rotatable bonds is 4. The van der Waals surface area contributed by atoms with Crippen molar-refractivity contribution < 1.29 is 8.42 Å². The maximum atomic E-state index is 11.3. The molecule has 0 spiro atoms. The van der Waals surface area contributed by atoms with E-state index >= 15 is 0 Å². The molecule has 1 aromatic heterocycles. The van der Waals surface area contributed by atoms with Crippen LogP contribution in [0.4, 0.5) is 5.69 Å². The third kappa shape index (κ3) is 2.56. The van der Waals surface area contributed by atoms with E-state index in [9.17, 15) is 8.42 Å². The summed E-state index contributed by atoms with van der Waals surface area (Å²) in [5.41, 5.74) is 7.94. The Balaban J connectivity index is 2.26. The van der Waals surface area contributed by atoms with Gasteiger partial charge in [-0.15, -0.1) is 0 Å². The number of anilines is 1. The summed E-state index contributed by atoms with van der Waals surface area (Å²) >= 11 is 0. The molecule has 0 fully saturated rings. The van der Waals surface area contributed by atoms with E-state index in [2.05, 4.69) is 9.71 Å². The second kappa shape index (κ2) is 4.34. The topological polar surface area (TPSA) is 90.0 Å². The van der Waals surface area contributed by atoms with Crippen molar-refractivity contribution in [2.75, 3.05) is 18.5 Å². The van der Waals surface area contributed by atoms with Crippen LogP contribution in [0.25, 0.3) is 11.0 Å². The number of nitrogens with two attached hydrogens (primary N) is 1. The van der Waals surface area contributed by atoms with Gasteiger partial charge < -0.3 is 10.3 Å². The fourth-order valence-electron chi connectivity index (χ4n) is 1.58. The summed E-state index contributed by atoms with van der Waals surface area (Å²) in [6.07, 6.45) is 1.62. The molecule has 1 heterocycles. The van der Waals surface area contributed by atoms with E-state index in [0.29, 0.717) is 12.2 Å². The summed E-state index contributed by atoms with van der Waals surface area (Å²) in [4.78, 5) is 4.17. The first kappa shape index (κ1) is 11.9. The quantitative estimate of drug-likeness (QED) is 0.761. The van der Waals surface area contributed by atoms with Gasteiger partial charge in [0, 0.05) is 12.2 Å². The van der Waals surface area contributed by atoms with Gasteiger partial charge in [0.25, 0.3) is 0 Å². The highest BCUT2D eigenvalue weighted by atomic mass is 32.2. The van der Waals surface area contributed by atoms with Gasteiger partial charge in [-0.1, -0.05) is 0 Å². The Morgan fingerprint density at radius 1 is 1.47 bits per heavy atom. The third-order valence-electron chi connectivity index (χ3n) is 2.56. The summed E-state index contributed by atoms with van der Waals surface area (Å²) in [6, 6.07) is 5.37. The Kier molecular flexibility index (Phi) is 3.03. The molecular formula is C10H14N4O2S. The third-order valence-corrected chi connectivity index (χ3v) is 3.90. The van der Waals surface area contributed by atoms with E-state index in [0.717, 1.165) is 11.0 Å². The number of hydrogen-bond donors (Lipinski definition) is 2. The van der Waals surface area contributed by atoms with Crippen molar-refractivity contribution in [3.05, 3.63) is 24.5 Å². The van der Waals surface area contributed by atoms with E-state index in [1.807, 2.05) is 6.07 Å². The summed E-state index contributed by atoms with van der Waals surface area (Å²) in [7, 11) is -1.79. The largest absolute Gasteiger partial charge is 0.399 e. The van der Waals surface area contributed by atoms with Crippen LogP contribution in [-0.4, -0.2) is 30.8 Å². The van der Waals surface area contributed by atoms with Crippen LogP contribution >= 0.6 is 0 Å². The van der Waals surface area contributed by atoms with Crippen LogP contribution in [0.3, 0.4) is 0 Å². The number of aryl methyl sites for hydroxylation is 1. The predicted molar refractivity (Wildman–Crippen MR) is 67.0 cm³/mol. The Morgan fingerprint density at radius 3 is 2.94 bits per heavy atom. The molecule has 2 rings (SSSR count). The molecule has 0 atom stereocenters. The normalized spacial score (nSPS) is 12.1. The van der Waals surface area contributed by atoms with Crippen LogP contribution in [0.1, 0.15) is 0 Å². The smallest absolute Gasteiger partial charge is 0.213 e. The summed E-state index contributed by atoms with van der Waals surface area (Å²) in [5.74, 6) is 0.0271. The van der Waals surface area contributed by atoms with Crippen LogP contribution in [-0.2, 0) is 16.6 Å². The van der Waals surface area contributed by atoms with Crippen molar-refractivity contribution >= 4 is 26.7 Å². The number of aromatic nitrogens is 2. The lowest BCUT2D eigenvalue weighted by Gasteiger charge is -2.04. The molecule has 0 saturated carbocycles. The average molecular weight is 254 g/mol. The molecule has 0 aliphatic carbocycles. The van der Waals surface area contributed by atoms with E-state index in [4.69, 9.17) is 5.73 Å². The number of nitrogens with one attached hydrogen (secondary N) is 1. The molecule has 17 heavy (non-hydrogen) atoms. The number of nitrogens with zero attached hydrogens (tertiary/aromatic N) is 2. The number of benzene rings is 1. The SMILES string of the molecule is CNS(=O)(=O)CCn1cnc2cc(N)ccc21. The zero-order chi connectivity index (χ0) is 12.5. The zero-order valence-corrected chi connectivity index (χ0v) is 10.2. The van der Waals surface area contributed by atoms with Crippen molar-refractivity contribution in [2.45, 2.75) is 6.54 Å². The zero-order valence-electron chi connectivity index (χ0n) is 9.42. The summed E-state index contributed by atoms with van der Waals surface area (Å²) < 4.78 is 26.7. The van der Waals surface area contributed by atoms with Gasteiger partial charge in [-0.25, -0.2) is 18.1 Å². The van der Waals surface area contributed by atoms with Gasteiger partial charge in [0.15, 0.2) is 0 Å². The lowest BCUT2D eigenvalue weighted by atomic mass is 10.3. The first-order valence-corrected chi connectivity index (χ1v) is 6.78. The fraction of sp³-hybridized carbons (Fsp3) is 0.300. The van der Waals surface area contributed by atoms with Crippen molar-refractivity contribution in [3.8, 4) is 0 Å². The highest BCUT2D eigenvalue weighted by Crippen LogP contribution is 2.15. The highest BCUT2D eigenvalue weighted by molar-refractivity contribution is 7.89. The average Bonchev–Trinajstić information content (AvgIpc) is 2.69. The molecule has 0 amide bonds. The number of fused-ring (bicyclic) bond motifs is 1. The van der Waals surface area contributed by atoms with Crippen molar-refractivity contribution in [1.29, 1.82) is 0 Å². The lowest BCUT2D eigenvalue weighted by Crippen LogP contribution is -2.24. The van der Waals surface area contributed by atoms with Crippen LogP contribution in [0.5, 0.6) is 0 Å². The molecule has 2 aromatic rings. The van der Waals surface area contributed by atoms with Gasteiger partial charge in [0.05, 0.1) is 23.1 Å². The molecule has 0 aliphatic rings. The fourth-order valence-corrected chi connectivity index (χ4v) is 2.22. The molecule has 6 nitrogen and oxygen atoms in total. The van der Waals surface area contributed by atoms with Gasteiger partial charge in [-0.3, -0.25) is 0 Å². The Morgan fingerprint density at radius 2 is 2.24 bits per heavy atom. The lowest BCUT2D eigenvalue weighted by molar-refractivity contribution is 0.582. The van der Waals surface area contributed by atoms with E-state index in [1.165, 1.54) is 7.05 Å². The molecule has 0 radical (unpaired) electrons. The number of imidazole rings is 1. The second-order valence-electron chi connectivity index (χ2n) is 3.71. The first-order valence-electron chi connectivity index (χ1n) is 5.13. The summed E-state index contributed by atoms with van der Waals surface area (Å²) in [5, 5.41) is 0. The standard InChI is InChI=1S/C10H14N4O2S/c1-12-17(15,16)5-4-14-7-13-9-6-8(11)2-3-10(9)14/h2-3,6-7,12H,4-5,11H2,1H3. The molecule has 0 saturated heterocycles. The Labute approximate surface area is 99.5 Å². The van der Waals surface area contributed by atoms with E-state index in [-0.39, 0.29) is 5.75 Å². The van der Waals surface area contributed by atoms with Gasteiger partial charge in [-0.05, 0) is 25.2 Å². The minimum Gasteiger partial charge on any atom is -0.399 e. The minimum atomic E-state index is -3.20. The molecule has 1 aromatic carbocycles. The van der Waals surface area contributed by atoms with Crippen LogP contribution in [0, 0.1) is 0 Å². The van der Waals surface area contributed by atoms with Crippen molar-refractivity contribution in [3.63, 3.8) is 0 Å².